The van der Waals surface area contributed by atoms with Crippen molar-refractivity contribution in [3.8, 4) is 11.9 Å². The Morgan fingerprint density at radius 3 is 2.30 bits per heavy atom. The van der Waals surface area contributed by atoms with E-state index in [0.717, 1.165) is 38.5 Å². The molecule has 7 nitrogen and oxygen atoms in total. The second-order valence-electron chi connectivity index (χ2n) is 8.93. The second kappa shape index (κ2) is 10.4. The number of nitriles is 1. The van der Waals surface area contributed by atoms with E-state index in [0.29, 0.717) is 29.9 Å². The lowest BCUT2D eigenvalue weighted by Crippen LogP contribution is -2.50. The topological polar surface area (TPSA) is 98.5 Å². The van der Waals surface area contributed by atoms with Crippen LogP contribution in [-0.4, -0.2) is 37.6 Å². The number of guanidine groups is 1. The van der Waals surface area contributed by atoms with Crippen molar-refractivity contribution in [1.29, 1.82) is 5.26 Å². The first-order chi connectivity index (χ1) is 16.1. The molecule has 0 radical (unpaired) electrons. The maximum atomic E-state index is 13.0. The van der Waals surface area contributed by atoms with Crippen molar-refractivity contribution in [2.45, 2.75) is 56.0 Å². The number of ether oxygens (including phenoxy) is 1. The van der Waals surface area contributed by atoms with Gasteiger partial charge in [0.15, 0.2) is 0 Å². The monoisotopic (exact) mass is 445 g/mol. The van der Waals surface area contributed by atoms with Crippen molar-refractivity contribution in [3.05, 3.63) is 65.7 Å². The van der Waals surface area contributed by atoms with Gasteiger partial charge in [-0.3, -0.25) is 4.79 Å². The molecule has 2 fully saturated rings. The van der Waals surface area contributed by atoms with Crippen LogP contribution in [-0.2, 0) is 5.41 Å². The summed E-state index contributed by atoms with van der Waals surface area (Å²) in [5.74, 6) is 1.03. The van der Waals surface area contributed by atoms with Crippen LogP contribution in [0.3, 0.4) is 0 Å². The first-order valence-electron chi connectivity index (χ1n) is 11.6. The zero-order valence-corrected chi connectivity index (χ0v) is 19.0. The lowest BCUT2D eigenvalue weighted by atomic mass is 9.68. The number of methoxy groups -OCH3 is 1. The van der Waals surface area contributed by atoms with Gasteiger partial charge >= 0.3 is 0 Å². The van der Waals surface area contributed by atoms with Crippen LogP contribution in [0.4, 0.5) is 0 Å². The van der Waals surface area contributed by atoms with Gasteiger partial charge in [0.25, 0.3) is 5.91 Å². The largest absolute Gasteiger partial charge is 0.496 e. The normalized spacial score (nSPS) is 22.7. The van der Waals surface area contributed by atoms with Gasteiger partial charge in [0.05, 0.1) is 12.7 Å². The summed E-state index contributed by atoms with van der Waals surface area (Å²) in [5, 5.41) is 18.9. The van der Waals surface area contributed by atoms with Crippen LogP contribution in [0, 0.1) is 11.5 Å². The highest BCUT2D eigenvalue weighted by Gasteiger charge is 2.38. The van der Waals surface area contributed by atoms with Gasteiger partial charge < -0.3 is 20.7 Å². The number of nitrogens with zero attached hydrogens (tertiary/aromatic N) is 2. The molecule has 0 saturated heterocycles. The number of carbonyl (C=O) groups excluding carboxylic acids is 1. The molecule has 2 aromatic rings. The van der Waals surface area contributed by atoms with Crippen molar-refractivity contribution in [2.75, 3.05) is 13.7 Å². The molecule has 2 aliphatic carbocycles. The maximum Gasteiger partial charge on any atom is 0.255 e. The Kier molecular flexibility index (Phi) is 7.13. The van der Waals surface area contributed by atoms with Crippen molar-refractivity contribution < 1.29 is 9.53 Å². The molecule has 3 N–H and O–H groups in total. The van der Waals surface area contributed by atoms with Crippen LogP contribution in [0.5, 0.6) is 5.75 Å². The quantitative estimate of drug-likeness (QED) is 0.344. The number of aliphatic imine (C=N–C) groups is 1. The smallest absolute Gasteiger partial charge is 0.255 e. The number of amides is 1. The summed E-state index contributed by atoms with van der Waals surface area (Å²) in [6.07, 6.45) is 7.84. The Bertz CT molecular complexity index is 1020. The predicted octanol–water partition coefficient (Wildman–Crippen LogP) is 3.48. The Morgan fingerprint density at radius 2 is 1.67 bits per heavy atom. The lowest BCUT2D eigenvalue weighted by molar-refractivity contribution is 0.0932. The zero-order valence-electron chi connectivity index (χ0n) is 19.0. The standard InChI is InChI=1S/C26H31N5O2/c1-33-23-10-6-5-9-22(23)24(32)28-17-26(19-7-3-2-4-8-19)15-13-21(14-16-26)31-25(29-18-27)30-20-11-12-20/h2-10,20-21H,11-17H2,1H3,(H,28,32)(H2,29,30,31)/t21-,26-. The molecule has 0 heterocycles. The first kappa shape index (κ1) is 22.7. The Hall–Kier alpha value is -3.53. The minimum absolute atomic E-state index is 0.125. The van der Waals surface area contributed by atoms with Gasteiger partial charge in [-0.25, -0.2) is 0 Å². The van der Waals surface area contributed by atoms with E-state index in [9.17, 15) is 4.79 Å². The predicted molar refractivity (Wildman–Crippen MR) is 128 cm³/mol. The summed E-state index contributed by atoms with van der Waals surface area (Å²) in [7, 11) is 1.58. The first-order valence-corrected chi connectivity index (χ1v) is 11.6. The van der Waals surface area contributed by atoms with Crippen LogP contribution >= 0.6 is 0 Å². The van der Waals surface area contributed by atoms with Crippen molar-refractivity contribution in [3.63, 3.8) is 0 Å². The van der Waals surface area contributed by atoms with Crippen LogP contribution in [0.1, 0.15) is 54.4 Å². The minimum atomic E-state index is -0.145. The van der Waals surface area contributed by atoms with Gasteiger partial charge in [-0.2, -0.15) is 5.26 Å². The molecule has 7 heteroatoms. The molecule has 0 aliphatic heterocycles. The van der Waals surface area contributed by atoms with Gasteiger partial charge in [0.2, 0.25) is 12.2 Å². The fourth-order valence-corrected chi connectivity index (χ4v) is 4.62. The Labute approximate surface area is 195 Å². The van der Waals surface area contributed by atoms with Gasteiger partial charge in [-0.15, -0.1) is 4.99 Å². The lowest BCUT2D eigenvalue weighted by Gasteiger charge is -2.41. The third kappa shape index (κ3) is 5.64. The van der Waals surface area contributed by atoms with Gasteiger partial charge in [-0.05, 0) is 56.2 Å². The van der Waals surface area contributed by atoms with Crippen molar-refractivity contribution >= 4 is 11.9 Å². The second-order valence-corrected chi connectivity index (χ2v) is 8.93. The van der Waals surface area contributed by atoms with Crippen LogP contribution in [0.15, 0.2) is 59.6 Å². The molecule has 2 saturated carbocycles. The van der Waals surface area contributed by atoms with E-state index in [2.05, 4.69) is 45.2 Å². The van der Waals surface area contributed by atoms with Gasteiger partial charge in [0.1, 0.15) is 5.75 Å². The average Bonchev–Trinajstić information content (AvgIpc) is 3.68. The number of carbonyl (C=O) groups is 1. The molecular weight excluding hydrogens is 414 g/mol. The molecule has 0 spiro atoms. The number of para-hydroxylation sites is 1. The molecule has 33 heavy (non-hydrogen) atoms. The van der Waals surface area contributed by atoms with E-state index in [-0.39, 0.29) is 17.4 Å². The number of nitrogens with one attached hydrogen (secondary N) is 3. The van der Waals surface area contributed by atoms with Crippen LogP contribution in [0.25, 0.3) is 0 Å². The van der Waals surface area contributed by atoms with E-state index in [1.807, 2.05) is 24.4 Å². The van der Waals surface area contributed by atoms with E-state index in [1.54, 1.807) is 19.2 Å². The summed E-state index contributed by atoms with van der Waals surface area (Å²) in [6.45, 7) is 0.556. The van der Waals surface area contributed by atoms with Gasteiger partial charge in [0, 0.05) is 24.0 Å². The number of hydrogen-bond acceptors (Lipinski definition) is 4. The summed E-state index contributed by atoms with van der Waals surface area (Å²) in [6, 6.07) is 18.4. The third-order valence-corrected chi connectivity index (χ3v) is 6.69. The zero-order chi connectivity index (χ0) is 23.1. The minimum Gasteiger partial charge on any atom is -0.496 e. The molecule has 1 amide bonds. The fourth-order valence-electron chi connectivity index (χ4n) is 4.62. The highest BCUT2D eigenvalue weighted by Crippen LogP contribution is 2.39. The molecule has 172 valence electrons. The van der Waals surface area contributed by atoms with Crippen LogP contribution < -0.4 is 20.7 Å². The summed E-state index contributed by atoms with van der Waals surface area (Å²) < 4.78 is 5.36. The molecule has 0 aromatic heterocycles. The molecule has 2 aromatic carbocycles. The van der Waals surface area contributed by atoms with Gasteiger partial charge in [-0.1, -0.05) is 42.5 Å². The number of rotatable bonds is 7. The van der Waals surface area contributed by atoms with Crippen molar-refractivity contribution in [1.82, 2.24) is 16.0 Å². The fraction of sp³-hybridized carbons (Fsp3) is 0.423. The maximum absolute atomic E-state index is 13.0. The average molecular weight is 446 g/mol. The molecular formula is C26H31N5O2. The van der Waals surface area contributed by atoms with E-state index < -0.39 is 0 Å². The summed E-state index contributed by atoms with van der Waals surface area (Å²) in [4.78, 5) is 16.9. The molecule has 0 unspecified atom stereocenters. The Balaban J connectivity index is 1.44. The SMILES string of the molecule is COc1ccccc1C(=O)NC[C@]1(c2ccccc2)CC[C@H](N/C(=N\C#N)NC2CC2)CC1. The van der Waals surface area contributed by atoms with E-state index >= 15 is 0 Å². The Morgan fingerprint density at radius 1 is 1.03 bits per heavy atom. The molecule has 4 rings (SSSR count). The number of hydrogen-bond donors (Lipinski definition) is 3. The molecule has 0 atom stereocenters. The molecule has 0 bridgehead atoms. The van der Waals surface area contributed by atoms with E-state index in [4.69, 9.17) is 10.00 Å². The highest BCUT2D eigenvalue weighted by atomic mass is 16.5. The molecule has 2 aliphatic rings. The summed E-state index contributed by atoms with van der Waals surface area (Å²) >= 11 is 0. The number of benzene rings is 2. The highest BCUT2D eigenvalue weighted by molar-refractivity contribution is 5.97. The third-order valence-electron chi connectivity index (χ3n) is 6.69. The van der Waals surface area contributed by atoms with Crippen molar-refractivity contribution in [2.24, 2.45) is 4.99 Å². The van der Waals surface area contributed by atoms with E-state index in [1.165, 1.54) is 5.56 Å². The summed E-state index contributed by atoms with van der Waals surface area (Å²) in [5.41, 5.74) is 1.64. The van der Waals surface area contributed by atoms with Crippen LogP contribution in [0.2, 0.25) is 0 Å².